The zero-order valence-corrected chi connectivity index (χ0v) is 18.7. The number of hydrogen-bond acceptors (Lipinski definition) is 4. The predicted octanol–water partition coefficient (Wildman–Crippen LogP) is 3.58. The van der Waals surface area contributed by atoms with E-state index in [1.54, 1.807) is 24.3 Å². The second-order valence-corrected chi connectivity index (χ2v) is 9.70. The molecular weight excluding hydrogens is 426 g/mol. The molecule has 0 radical (unpaired) electrons. The maximum absolute atomic E-state index is 12.6. The number of aliphatic hydroxyl groups is 1. The third-order valence-electron chi connectivity index (χ3n) is 5.33. The molecule has 7 nitrogen and oxygen atoms in total. The number of anilines is 2. The lowest BCUT2D eigenvalue weighted by Crippen LogP contribution is -2.39. The second kappa shape index (κ2) is 8.64. The predicted molar refractivity (Wildman–Crippen MR) is 128 cm³/mol. The Morgan fingerprint density at radius 1 is 0.969 bits per heavy atom. The molecule has 0 aliphatic rings. The number of fused-ring (bicyclic) bond motifs is 3. The van der Waals surface area contributed by atoms with Gasteiger partial charge in [-0.05, 0) is 24.3 Å². The highest BCUT2D eigenvalue weighted by Gasteiger charge is 2.24. The van der Waals surface area contributed by atoms with E-state index in [9.17, 15) is 18.3 Å². The topological polar surface area (TPSA) is 91.6 Å². The quantitative estimate of drug-likeness (QED) is 0.449. The van der Waals surface area contributed by atoms with Crippen LogP contribution in [-0.2, 0) is 21.4 Å². The number of amides is 1. The van der Waals surface area contributed by atoms with Gasteiger partial charge in [0, 0.05) is 28.7 Å². The zero-order chi connectivity index (χ0) is 22.9. The molecule has 4 rings (SSSR count). The summed E-state index contributed by atoms with van der Waals surface area (Å²) in [6, 6.07) is 22.5. The first-order chi connectivity index (χ1) is 15.3. The van der Waals surface area contributed by atoms with Gasteiger partial charge >= 0.3 is 0 Å². The number of benzene rings is 3. The molecule has 0 aliphatic carbocycles. The number of hydrogen-bond donors (Lipinski definition) is 2. The van der Waals surface area contributed by atoms with Gasteiger partial charge in [0.25, 0.3) is 0 Å². The van der Waals surface area contributed by atoms with E-state index in [0.29, 0.717) is 11.4 Å². The normalized spacial score (nSPS) is 12.7. The molecule has 1 unspecified atom stereocenters. The highest BCUT2D eigenvalue weighted by atomic mass is 32.2. The van der Waals surface area contributed by atoms with Crippen LogP contribution >= 0.6 is 0 Å². The molecule has 1 amide bonds. The summed E-state index contributed by atoms with van der Waals surface area (Å²) in [5.41, 5.74) is 2.62. The number of carbonyl (C=O) groups is 1. The van der Waals surface area contributed by atoms with Crippen molar-refractivity contribution in [2.45, 2.75) is 19.6 Å². The maximum Gasteiger partial charge on any atom is 0.232 e. The minimum atomic E-state index is -3.72. The third-order valence-corrected chi connectivity index (χ3v) is 6.48. The van der Waals surface area contributed by atoms with Gasteiger partial charge in [-0.1, -0.05) is 48.5 Å². The SMILES string of the molecule is CC(=O)Nc1ccccc1N(CC(O)Cn1c2ccccc2c2ccccc21)S(C)(=O)=O. The van der Waals surface area contributed by atoms with Crippen LogP contribution in [0, 0.1) is 0 Å². The first-order valence-electron chi connectivity index (χ1n) is 10.2. The zero-order valence-electron chi connectivity index (χ0n) is 17.9. The molecule has 0 fully saturated rings. The standard InChI is InChI=1S/C24H25N3O4S/c1-17(28)25-21-11-5-8-14-24(21)27(32(2,30)31)16-18(29)15-26-22-12-6-3-9-19(22)20-10-4-7-13-23(20)26/h3-14,18,29H,15-16H2,1-2H3,(H,25,28). The molecule has 0 saturated heterocycles. The van der Waals surface area contributed by atoms with Gasteiger partial charge in [0.15, 0.2) is 0 Å². The number of aromatic nitrogens is 1. The fourth-order valence-electron chi connectivity index (χ4n) is 4.06. The summed E-state index contributed by atoms with van der Waals surface area (Å²) < 4.78 is 28.4. The lowest BCUT2D eigenvalue weighted by molar-refractivity contribution is -0.114. The number of nitrogens with one attached hydrogen (secondary N) is 1. The van der Waals surface area contributed by atoms with Crippen molar-refractivity contribution >= 4 is 49.1 Å². The average molecular weight is 452 g/mol. The minimum Gasteiger partial charge on any atom is -0.389 e. The van der Waals surface area contributed by atoms with Gasteiger partial charge in [0.05, 0.1) is 36.8 Å². The Kier molecular flexibility index (Phi) is 5.90. The first kappa shape index (κ1) is 21.9. The Balaban J connectivity index is 1.70. The van der Waals surface area contributed by atoms with Gasteiger partial charge in [-0.25, -0.2) is 8.42 Å². The number of para-hydroxylation sites is 4. The number of sulfonamides is 1. The monoisotopic (exact) mass is 451 g/mol. The van der Waals surface area contributed by atoms with Crippen molar-refractivity contribution in [3.05, 3.63) is 72.8 Å². The molecule has 1 atom stereocenters. The van der Waals surface area contributed by atoms with Gasteiger partial charge in [-0.15, -0.1) is 0 Å². The first-order valence-corrected chi connectivity index (χ1v) is 12.1. The number of carbonyl (C=O) groups excluding carboxylic acids is 1. The van der Waals surface area contributed by atoms with Crippen LogP contribution in [0.1, 0.15) is 6.92 Å². The fourth-order valence-corrected chi connectivity index (χ4v) is 5.02. The van der Waals surface area contributed by atoms with E-state index >= 15 is 0 Å². The Morgan fingerprint density at radius 3 is 2.06 bits per heavy atom. The molecule has 166 valence electrons. The van der Waals surface area contributed by atoms with Gasteiger partial charge in [-0.3, -0.25) is 9.10 Å². The highest BCUT2D eigenvalue weighted by Crippen LogP contribution is 2.30. The van der Waals surface area contributed by atoms with E-state index in [1.165, 1.54) is 6.92 Å². The highest BCUT2D eigenvalue weighted by molar-refractivity contribution is 7.92. The summed E-state index contributed by atoms with van der Waals surface area (Å²) in [4.78, 5) is 11.6. The van der Waals surface area contributed by atoms with Crippen LogP contribution < -0.4 is 9.62 Å². The third kappa shape index (κ3) is 4.32. The van der Waals surface area contributed by atoms with E-state index in [4.69, 9.17) is 0 Å². The fraction of sp³-hybridized carbons (Fsp3) is 0.208. The number of rotatable bonds is 7. The van der Waals surface area contributed by atoms with Crippen molar-refractivity contribution in [3.63, 3.8) is 0 Å². The Morgan fingerprint density at radius 2 is 1.50 bits per heavy atom. The van der Waals surface area contributed by atoms with E-state index < -0.39 is 16.1 Å². The van der Waals surface area contributed by atoms with Crippen LogP contribution in [-0.4, -0.2) is 42.9 Å². The maximum atomic E-state index is 12.6. The molecule has 1 heterocycles. The Labute approximate surface area is 186 Å². The molecule has 2 N–H and O–H groups in total. The van der Waals surface area contributed by atoms with E-state index in [0.717, 1.165) is 32.4 Å². The smallest absolute Gasteiger partial charge is 0.232 e. The lowest BCUT2D eigenvalue weighted by atomic mass is 10.2. The number of nitrogens with zero attached hydrogens (tertiary/aromatic N) is 2. The lowest BCUT2D eigenvalue weighted by Gasteiger charge is -2.27. The van der Waals surface area contributed by atoms with Crippen LogP contribution in [0.15, 0.2) is 72.8 Å². The summed E-state index contributed by atoms with van der Waals surface area (Å²) in [7, 11) is -3.72. The molecule has 4 aromatic rings. The average Bonchev–Trinajstić information content (AvgIpc) is 3.06. The van der Waals surface area contributed by atoms with Gasteiger partial charge in [0.1, 0.15) is 0 Å². The van der Waals surface area contributed by atoms with E-state index in [-0.39, 0.29) is 19.0 Å². The molecule has 0 aliphatic heterocycles. The van der Waals surface area contributed by atoms with Crippen molar-refractivity contribution in [1.82, 2.24) is 4.57 Å². The van der Waals surface area contributed by atoms with Crippen molar-refractivity contribution in [1.29, 1.82) is 0 Å². The Bertz CT molecular complexity index is 1340. The molecule has 32 heavy (non-hydrogen) atoms. The van der Waals surface area contributed by atoms with Crippen LogP contribution in [0.3, 0.4) is 0 Å². The van der Waals surface area contributed by atoms with Gasteiger partial charge in [-0.2, -0.15) is 0 Å². The summed E-state index contributed by atoms with van der Waals surface area (Å²) in [6.45, 7) is 1.41. The van der Waals surface area contributed by atoms with E-state index in [2.05, 4.69) is 5.32 Å². The summed E-state index contributed by atoms with van der Waals surface area (Å²) in [5.74, 6) is -0.309. The van der Waals surface area contributed by atoms with E-state index in [1.807, 2.05) is 53.1 Å². The van der Waals surface area contributed by atoms with Gasteiger partial charge < -0.3 is 15.0 Å². The van der Waals surface area contributed by atoms with Crippen molar-refractivity contribution in [2.24, 2.45) is 0 Å². The number of aliphatic hydroxyl groups excluding tert-OH is 1. The molecular formula is C24H25N3O4S. The van der Waals surface area contributed by atoms with Crippen molar-refractivity contribution < 1.29 is 18.3 Å². The Hall–Kier alpha value is -3.36. The van der Waals surface area contributed by atoms with Crippen LogP contribution in [0.25, 0.3) is 21.8 Å². The molecule has 0 bridgehead atoms. The summed E-state index contributed by atoms with van der Waals surface area (Å²) >= 11 is 0. The van der Waals surface area contributed by atoms with Crippen molar-refractivity contribution in [2.75, 3.05) is 22.4 Å². The minimum absolute atomic E-state index is 0.156. The molecule has 8 heteroatoms. The summed E-state index contributed by atoms with van der Waals surface area (Å²) in [5, 5.41) is 15.8. The van der Waals surface area contributed by atoms with Crippen LogP contribution in [0.4, 0.5) is 11.4 Å². The molecule has 0 spiro atoms. The second-order valence-electron chi connectivity index (χ2n) is 7.79. The largest absolute Gasteiger partial charge is 0.389 e. The van der Waals surface area contributed by atoms with Crippen LogP contribution in [0.5, 0.6) is 0 Å². The molecule has 0 saturated carbocycles. The molecule has 3 aromatic carbocycles. The van der Waals surface area contributed by atoms with Gasteiger partial charge in [0.2, 0.25) is 15.9 Å². The van der Waals surface area contributed by atoms with Crippen molar-refractivity contribution in [3.8, 4) is 0 Å². The van der Waals surface area contributed by atoms with Crippen LogP contribution in [0.2, 0.25) is 0 Å². The summed E-state index contributed by atoms with van der Waals surface area (Å²) in [6.07, 6.45) is 0.0967. The molecule has 1 aromatic heterocycles.